The smallest absolute Gasteiger partial charge is 0.224 e. The van der Waals surface area contributed by atoms with Gasteiger partial charge in [-0.15, -0.1) is 0 Å². The average molecular weight is 218 g/mol. The summed E-state index contributed by atoms with van der Waals surface area (Å²) in [5.41, 5.74) is 3.13. The van der Waals surface area contributed by atoms with Crippen molar-refractivity contribution in [2.75, 3.05) is 16.8 Å². The molecular weight excluding hydrogens is 200 g/mol. The molecule has 0 aromatic heterocycles. The van der Waals surface area contributed by atoms with Gasteiger partial charge in [0, 0.05) is 19.0 Å². The first-order chi connectivity index (χ1) is 7.39. The number of benzene rings is 1. The van der Waals surface area contributed by atoms with Gasteiger partial charge in [-0.25, -0.2) is 0 Å². The predicted octanol–water partition coefficient (Wildman–Crippen LogP) is 2.55. The third kappa shape index (κ3) is 1.90. The molecule has 0 spiro atoms. The largest absolute Gasteiger partial charge is 0.377 e. The van der Waals surface area contributed by atoms with Gasteiger partial charge >= 0.3 is 0 Å². The lowest BCUT2D eigenvalue weighted by atomic mass is 9.98. The number of anilines is 2. The fourth-order valence-electron chi connectivity index (χ4n) is 2.14. The number of fused-ring (bicyclic) bond motifs is 1. The lowest BCUT2D eigenvalue weighted by Crippen LogP contribution is -2.50. The number of carbonyl (C=O) groups excluding carboxylic acids is 1. The van der Waals surface area contributed by atoms with Crippen LogP contribution in [0.3, 0.4) is 0 Å². The quantitative estimate of drug-likeness (QED) is 0.725. The van der Waals surface area contributed by atoms with Crippen molar-refractivity contribution in [2.24, 2.45) is 0 Å². The van der Waals surface area contributed by atoms with Crippen LogP contribution >= 0.6 is 0 Å². The monoisotopic (exact) mass is 218 g/mol. The van der Waals surface area contributed by atoms with Gasteiger partial charge in [0.25, 0.3) is 0 Å². The Hall–Kier alpha value is -1.51. The molecule has 1 aliphatic rings. The lowest BCUT2D eigenvalue weighted by molar-refractivity contribution is -0.116. The molecule has 2 rings (SSSR count). The Kier molecular flexibility index (Phi) is 2.41. The molecule has 0 bridgehead atoms. The predicted molar refractivity (Wildman–Crippen MR) is 66.9 cm³/mol. The number of aryl methyl sites for hydroxylation is 1. The number of hydrogen-bond donors (Lipinski definition) is 1. The number of nitrogens with zero attached hydrogens (tertiary/aromatic N) is 1. The molecular formula is C13H18N2O. The standard InChI is InChI=1S/C13H18N2O/c1-9-5-6-11-12(7-9)15(10(2)16)8-13(3,4)14-11/h5-7,14H,8H2,1-4H3. The van der Waals surface area contributed by atoms with Crippen molar-refractivity contribution >= 4 is 17.3 Å². The van der Waals surface area contributed by atoms with Gasteiger partial charge < -0.3 is 10.2 Å². The van der Waals surface area contributed by atoms with E-state index in [9.17, 15) is 4.79 Å². The summed E-state index contributed by atoms with van der Waals surface area (Å²) in [4.78, 5) is 13.5. The average Bonchev–Trinajstić information content (AvgIpc) is 2.16. The maximum absolute atomic E-state index is 11.7. The molecule has 86 valence electrons. The summed E-state index contributed by atoms with van der Waals surface area (Å²) in [6.45, 7) is 8.57. The van der Waals surface area contributed by atoms with Gasteiger partial charge in [-0.1, -0.05) is 6.07 Å². The van der Waals surface area contributed by atoms with Crippen molar-refractivity contribution in [3.63, 3.8) is 0 Å². The summed E-state index contributed by atoms with van der Waals surface area (Å²) < 4.78 is 0. The number of nitrogens with one attached hydrogen (secondary N) is 1. The highest BCUT2D eigenvalue weighted by molar-refractivity contribution is 5.96. The molecule has 0 fully saturated rings. The van der Waals surface area contributed by atoms with Crippen molar-refractivity contribution in [2.45, 2.75) is 33.2 Å². The molecule has 0 saturated carbocycles. The zero-order chi connectivity index (χ0) is 11.9. The van der Waals surface area contributed by atoms with Crippen molar-refractivity contribution < 1.29 is 4.79 Å². The molecule has 3 nitrogen and oxygen atoms in total. The Morgan fingerprint density at radius 3 is 2.75 bits per heavy atom. The Morgan fingerprint density at radius 1 is 1.44 bits per heavy atom. The van der Waals surface area contributed by atoms with E-state index in [-0.39, 0.29) is 11.4 Å². The fourth-order valence-corrected chi connectivity index (χ4v) is 2.14. The van der Waals surface area contributed by atoms with Gasteiger partial charge in [0.1, 0.15) is 0 Å². The van der Waals surface area contributed by atoms with Crippen LogP contribution in [0.1, 0.15) is 26.3 Å². The normalized spacial score (nSPS) is 17.6. The minimum atomic E-state index is -0.0755. The Morgan fingerprint density at radius 2 is 2.12 bits per heavy atom. The summed E-state index contributed by atoms with van der Waals surface area (Å²) in [6, 6.07) is 6.16. The second-order valence-corrected chi connectivity index (χ2v) is 5.13. The highest BCUT2D eigenvalue weighted by Gasteiger charge is 2.31. The third-order valence-electron chi connectivity index (χ3n) is 2.85. The number of hydrogen-bond acceptors (Lipinski definition) is 2. The molecule has 0 saturated heterocycles. The number of carbonyl (C=O) groups is 1. The first kappa shape index (κ1) is 11.0. The number of rotatable bonds is 0. The van der Waals surface area contributed by atoms with Gasteiger partial charge in [0.2, 0.25) is 5.91 Å². The van der Waals surface area contributed by atoms with Crippen LogP contribution in [0.15, 0.2) is 18.2 Å². The van der Waals surface area contributed by atoms with E-state index in [1.165, 1.54) is 5.56 Å². The molecule has 0 aliphatic carbocycles. The third-order valence-corrected chi connectivity index (χ3v) is 2.85. The highest BCUT2D eigenvalue weighted by Crippen LogP contribution is 2.35. The summed E-state index contributed by atoms with van der Waals surface area (Å²) in [6.07, 6.45) is 0. The van der Waals surface area contributed by atoms with Crippen LogP contribution in [0.2, 0.25) is 0 Å². The zero-order valence-electron chi connectivity index (χ0n) is 10.3. The maximum atomic E-state index is 11.7. The maximum Gasteiger partial charge on any atom is 0.224 e. The van der Waals surface area contributed by atoms with Crippen LogP contribution in [0.25, 0.3) is 0 Å². The van der Waals surface area contributed by atoms with Gasteiger partial charge in [-0.2, -0.15) is 0 Å². The second-order valence-electron chi connectivity index (χ2n) is 5.13. The molecule has 0 unspecified atom stereocenters. The molecule has 1 aromatic carbocycles. The van der Waals surface area contributed by atoms with Gasteiger partial charge in [-0.3, -0.25) is 4.79 Å². The summed E-state index contributed by atoms with van der Waals surface area (Å²) in [7, 11) is 0. The first-order valence-electron chi connectivity index (χ1n) is 5.56. The Balaban J connectivity index is 2.51. The highest BCUT2D eigenvalue weighted by atomic mass is 16.2. The minimum absolute atomic E-state index is 0.0755. The number of amides is 1. The minimum Gasteiger partial charge on any atom is -0.377 e. The summed E-state index contributed by atoms with van der Waals surface area (Å²) in [5, 5.41) is 3.45. The van der Waals surface area contributed by atoms with Crippen molar-refractivity contribution in [3.05, 3.63) is 23.8 Å². The van der Waals surface area contributed by atoms with E-state index in [1.54, 1.807) is 6.92 Å². The first-order valence-corrected chi connectivity index (χ1v) is 5.56. The van der Waals surface area contributed by atoms with Gasteiger partial charge in [-0.05, 0) is 38.5 Å². The van der Waals surface area contributed by atoms with Crippen molar-refractivity contribution in [1.82, 2.24) is 0 Å². The lowest BCUT2D eigenvalue weighted by Gasteiger charge is -2.40. The van der Waals surface area contributed by atoms with E-state index >= 15 is 0 Å². The SMILES string of the molecule is CC(=O)N1CC(C)(C)Nc2ccc(C)cc21. The summed E-state index contributed by atoms with van der Waals surface area (Å²) in [5.74, 6) is 0.0985. The van der Waals surface area contributed by atoms with E-state index in [4.69, 9.17) is 0 Å². The van der Waals surface area contributed by atoms with Crippen LogP contribution < -0.4 is 10.2 Å². The molecule has 1 aromatic rings. The molecule has 1 heterocycles. The molecule has 3 heteroatoms. The van der Waals surface area contributed by atoms with Gasteiger partial charge in [0.15, 0.2) is 0 Å². The molecule has 1 amide bonds. The van der Waals surface area contributed by atoms with E-state index in [0.29, 0.717) is 6.54 Å². The van der Waals surface area contributed by atoms with Crippen LogP contribution in [0, 0.1) is 6.92 Å². The van der Waals surface area contributed by atoms with E-state index in [0.717, 1.165) is 11.4 Å². The molecule has 16 heavy (non-hydrogen) atoms. The van der Waals surface area contributed by atoms with Crippen LogP contribution in [0.5, 0.6) is 0 Å². The molecule has 0 atom stereocenters. The van der Waals surface area contributed by atoms with Crippen LogP contribution in [-0.4, -0.2) is 18.0 Å². The molecule has 1 N–H and O–H groups in total. The van der Waals surface area contributed by atoms with E-state index in [2.05, 4.69) is 31.3 Å². The van der Waals surface area contributed by atoms with E-state index < -0.39 is 0 Å². The fraction of sp³-hybridized carbons (Fsp3) is 0.462. The van der Waals surface area contributed by atoms with Crippen LogP contribution in [-0.2, 0) is 4.79 Å². The Bertz CT molecular complexity index is 438. The summed E-state index contributed by atoms with van der Waals surface area (Å²) >= 11 is 0. The topological polar surface area (TPSA) is 32.3 Å². The van der Waals surface area contributed by atoms with Crippen molar-refractivity contribution in [1.29, 1.82) is 0 Å². The molecule has 1 aliphatic heterocycles. The van der Waals surface area contributed by atoms with Gasteiger partial charge in [0.05, 0.1) is 11.4 Å². The second kappa shape index (κ2) is 3.51. The molecule has 0 radical (unpaired) electrons. The van der Waals surface area contributed by atoms with Crippen molar-refractivity contribution in [3.8, 4) is 0 Å². The Labute approximate surface area is 96.5 Å². The van der Waals surface area contributed by atoms with Crippen LogP contribution in [0.4, 0.5) is 11.4 Å². The zero-order valence-corrected chi connectivity index (χ0v) is 10.3. The van der Waals surface area contributed by atoms with E-state index in [1.807, 2.05) is 17.9 Å².